The van der Waals surface area contributed by atoms with Gasteiger partial charge in [-0.2, -0.15) is 0 Å². The molecule has 1 heterocycles. The van der Waals surface area contributed by atoms with Gasteiger partial charge in [-0.05, 0) is 37.6 Å². The first-order chi connectivity index (χ1) is 8.86. The molecule has 2 unspecified atom stereocenters. The highest BCUT2D eigenvalue weighted by molar-refractivity contribution is 8.13. The predicted octanol–water partition coefficient (Wildman–Crippen LogP) is 1.98. The molecule has 2 atom stereocenters. The summed E-state index contributed by atoms with van der Waals surface area (Å²) in [5, 5.41) is 2.73. The monoisotopic (exact) mass is 303 g/mol. The quantitative estimate of drug-likeness (QED) is 0.867. The number of rotatable bonds is 3. The normalized spacial score (nSPS) is 23.3. The maximum atomic E-state index is 11.9. The summed E-state index contributed by atoms with van der Waals surface area (Å²) in [5.41, 5.74) is 0.536. The van der Waals surface area contributed by atoms with Gasteiger partial charge >= 0.3 is 0 Å². The van der Waals surface area contributed by atoms with E-state index in [1.54, 1.807) is 0 Å². The number of benzene rings is 1. The van der Waals surface area contributed by atoms with Gasteiger partial charge < -0.3 is 10.1 Å². The summed E-state index contributed by atoms with van der Waals surface area (Å²) in [4.78, 5) is 11.9. The lowest BCUT2D eigenvalue weighted by atomic mass is 10.1. The molecule has 1 aliphatic rings. The Bertz CT molecular complexity index is 570. The number of halogens is 1. The lowest BCUT2D eigenvalue weighted by Gasteiger charge is -2.09. The van der Waals surface area contributed by atoms with Crippen molar-refractivity contribution >= 4 is 31.3 Å². The molecule has 104 valence electrons. The molecule has 1 N–H and O–H groups in total. The zero-order valence-electron chi connectivity index (χ0n) is 10.3. The van der Waals surface area contributed by atoms with Crippen LogP contribution in [0.2, 0.25) is 0 Å². The van der Waals surface area contributed by atoms with Gasteiger partial charge in [-0.15, -0.1) is 0 Å². The van der Waals surface area contributed by atoms with Gasteiger partial charge in [-0.3, -0.25) is 4.79 Å². The molecule has 0 radical (unpaired) electrons. The number of nitrogens with one attached hydrogen (secondary N) is 1. The van der Waals surface area contributed by atoms with Crippen LogP contribution in [0.1, 0.15) is 13.3 Å². The van der Waals surface area contributed by atoms with Crippen molar-refractivity contribution in [3.8, 4) is 0 Å². The van der Waals surface area contributed by atoms with Gasteiger partial charge in [0.1, 0.15) is 0 Å². The highest BCUT2D eigenvalue weighted by Crippen LogP contribution is 2.22. The molecule has 1 aromatic rings. The number of carbonyl (C=O) groups is 1. The second-order valence-corrected chi connectivity index (χ2v) is 7.09. The van der Waals surface area contributed by atoms with Crippen molar-refractivity contribution in [1.82, 2.24) is 0 Å². The summed E-state index contributed by atoms with van der Waals surface area (Å²) in [6.07, 6.45) is 0.791. The fraction of sp³-hybridized carbons (Fsp3) is 0.417. The molecule has 1 aliphatic heterocycles. The van der Waals surface area contributed by atoms with Gasteiger partial charge in [0, 0.05) is 16.4 Å². The molecule has 0 aromatic heterocycles. The SMILES string of the molecule is CC1CC(C(=O)Nc2ccc(S(=O)(=O)Cl)cc2)CO1. The van der Waals surface area contributed by atoms with Crippen molar-refractivity contribution in [1.29, 1.82) is 0 Å². The van der Waals surface area contributed by atoms with Crippen molar-refractivity contribution in [3.05, 3.63) is 24.3 Å². The molecular formula is C12H14ClNO4S. The van der Waals surface area contributed by atoms with Gasteiger partial charge in [-0.25, -0.2) is 8.42 Å². The molecule has 0 bridgehead atoms. The minimum Gasteiger partial charge on any atom is -0.378 e. The summed E-state index contributed by atoms with van der Waals surface area (Å²) >= 11 is 0. The van der Waals surface area contributed by atoms with Crippen molar-refractivity contribution in [2.24, 2.45) is 5.92 Å². The number of hydrogen-bond acceptors (Lipinski definition) is 4. The Labute approximate surface area is 116 Å². The third-order valence-electron chi connectivity index (χ3n) is 2.97. The van der Waals surface area contributed by atoms with E-state index in [4.69, 9.17) is 15.4 Å². The topological polar surface area (TPSA) is 72.5 Å². The molecule has 0 saturated carbocycles. The average Bonchev–Trinajstić information content (AvgIpc) is 2.75. The van der Waals surface area contributed by atoms with Crippen LogP contribution in [0.25, 0.3) is 0 Å². The molecule has 19 heavy (non-hydrogen) atoms. The van der Waals surface area contributed by atoms with Crippen molar-refractivity contribution in [2.75, 3.05) is 11.9 Å². The van der Waals surface area contributed by atoms with Crippen LogP contribution >= 0.6 is 10.7 Å². The molecule has 0 spiro atoms. The van der Waals surface area contributed by atoms with E-state index in [1.165, 1.54) is 24.3 Å². The smallest absolute Gasteiger partial charge is 0.261 e. The van der Waals surface area contributed by atoms with E-state index in [1.807, 2.05) is 6.92 Å². The Morgan fingerprint density at radius 1 is 1.37 bits per heavy atom. The van der Waals surface area contributed by atoms with Crippen molar-refractivity contribution < 1.29 is 17.9 Å². The molecule has 7 heteroatoms. The lowest BCUT2D eigenvalue weighted by molar-refractivity contribution is -0.119. The van der Waals surface area contributed by atoms with E-state index in [9.17, 15) is 13.2 Å². The van der Waals surface area contributed by atoms with Crippen LogP contribution in [-0.2, 0) is 18.6 Å². The van der Waals surface area contributed by atoms with E-state index in [2.05, 4.69) is 5.32 Å². The molecule has 5 nitrogen and oxygen atoms in total. The highest BCUT2D eigenvalue weighted by Gasteiger charge is 2.28. The van der Waals surface area contributed by atoms with E-state index >= 15 is 0 Å². The molecule has 1 amide bonds. The fourth-order valence-corrected chi connectivity index (χ4v) is 2.71. The van der Waals surface area contributed by atoms with E-state index in [0.717, 1.165) is 0 Å². The highest BCUT2D eigenvalue weighted by atomic mass is 35.7. The molecule has 1 aromatic carbocycles. The summed E-state index contributed by atoms with van der Waals surface area (Å²) in [6.45, 7) is 2.34. The fourth-order valence-electron chi connectivity index (χ4n) is 1.95. The standard InChI is InChI=1S/C12H14ClNO4S/c1-8-6-9(7-18-8)12(15)14-10-2-4-11(5-3-10)19(13,16)17/h2-5,8-9H,6-7H2,1H3,(H,14,15). The molecule has 0 aliphatic carbocycles. The first-order valence-electron chi connectivity index (χ1n) is 5.83. The minimum absolute atomic E-state index is 0.00462. The van der Waals surface area contributed by atoms with Crippen LogP contribution in [0.4, 0.5) is 5.69 Å². The molecule has 1 fully saturated rings. The zero-order valence-corrected chi connectivity index (χ0v) is 11.9. The Balaban J connectivity index is 2.02. The van der Waals surface area contributed by atoms with Gasteiger partial charge in [0.15, 0.2) is 0 Å². The van der Waals surface area contributed by atoms with Crippen LogP contribution in [0.3, 0.4) is 0 Å². The van der Waals surface area contributed by atoms with Gasteiger partial charge in [0.2, 0.25) is 5.91 Å². The van der Waals surface area contributed by atoms with Crippen LogP contribution < -0.4 is 5.32 Å². The third kappa shape index (κ3) is 3.68. The van der Waals surface area contributed by atoms with Crippen LogP contribution in [-0.4, -0.2) is 27.0 Å². The average molecular weight is 304 g/mol. The Kier molecular flexibility index (Phi) is 4.13. The van der Waals surface area contributed by atoms with E-state index < -0.39 is 9.05 Å². The van der Waals surface area contributed by atoms with E-state index in [-0.39, 0.29) is 22.8 Å². The lowest BCUT2D eigenvalue weighted by Crippen LogP contribution is -2.23. The first-order valence-corrected chi connectivity index (χ1v) is 8.14. The zero-order chi connectivity index (χ0) is 14.0. The largest absolute Gasteiger partial charge is 0.378 e. The van der Waals surface area contributed by atoms with Crippen LogP contribution in [0.5, 0.6) is 0 Å². The predicted molar refractivity (Wildman–Crippen MR) is 71.6 cm³/mol. The molecular weight excluding hydrogens is 290 g/mol. The number of hydrogen-bond donors (Lipinski definition) is 1. The number of anilines is 1. The van der Waals surface area contributed by atoms with Crippen molar-refractivity contribution in [2.45, 2.75) is 24.3 Å². The second-order valence-electron chi connectivity index (χ2n) is 4.53. The van der Waals surface area contributed by atoms with Crippen LogP contribution in [0.15, 0.2) is 29.2 Å². The maximum Gasteiger partial charge on any atom is 0.261 e. The minimum atomic E-state index is -3.73. The third-order valence-corrected chi connectivity index (χ3v) is 4.34. The Morgan fingerprint density at radius 2 is 2.00 bits per heavy atom. The summed E-state index contributed by atoms with van der Waals surface area (Å²) in [5.74, 6) is -0.280. The number of amides is 1. The second kappa shape index (κ2) is 5.48. The molecule has 1 saturated heterocycles. The van der Waals surface area contributed by atoms with Crippen LogP contribution in [0, 0.1) is 5.92 Å². The molecule has 2 rings (SSSR count). The van der Waals surface area contributed by atoms with Gasteiger partial charge in [0.05, 0.1) is 23.5 Å². The number of carbonyl (C=O) groups excluding carboxylic acids is 1. The van der Waals surface area contributed by atoms with Gasteiger partial charge in [0.25, 0.3) is 9.05 Å². The van der Waals surface area contributed by atoms with E-state index in [0.29, 0.717) is 18.7 Å². The van der Waals surface area contributed by atoms with Crippen molar-refractivity contribution in [3.63, 3.8) is 0 Å². The summed E-state index contributed by atoms with van der Waals surface area (Å²) in [6, 6.07) is 5.72. The summed E-state index contributed by atoms with van der Waals surface area (Å²) in [7, 11) is 1.47. The first kappa shape index (κ1) is 14.3. The summed E-state index contributed by atoms with van der Waals surface area (Å²) < 4.78 is 27.5. The Morgan fingerprint density at radius 3 is 2.47 bits per heavy atom. The van der Waals surface area contributed by atoms with Gasteiger partial charge in [-0.1, -0.05) is 0 Å². The number of ether oxygens (including phenoxy) is 1. The Hall–Kier alpha value is -1.11. The maximum absolute atomic E-state index is 11.9.